The summed E-state index contributed by atoms with van der Waals surface area (Å²) in [6, 6.07) is 8.42. The number of piperidine rings is 1. The summed E-state index contributed by atoms with van der Waals surface area (Å²) in [5.41, 5.74) is 1.98. The third kappa shape index (κ3) is 3.16. The zero-order valence-electron chi connectivity index (χ0n) is 13.2. The molecule has 0 aliphatic carbocycles. The molecule has 0 saturated carbocycles. The van der Waals surface area contributed by atoms with Crippen LogP contribution in [0.15, 0.2) is 24.3 Å². The molecule has 1 N–H and O–H groups in total. The molecule has 2 saturated heterocycles. The number of aliphatic hydroxyl groups excluding tert-OH is 1. The number of fused-ring (bicyclic) bond motifs is 2. The van der Waals surface area contributed by atoms with Crippen molar-refractivity contribution in [3.63, 3.8) is 0 Å². The SMILES string of the molecule is CSN(C)Cc1ccc(C(=O)N2C3CCC2CC(O)C3)cc1. The Kier molecular flexibility index (Phi) is 4.76. The largest absolute Gasteiger partial charge is 0.393 e. The van der Waals surface area contributed by atoms with Crippen molar-refractivity contribution in [1.29, 1.82) is 0 Å². The summed E-state index contributed by atoms with van der Waals surface area (Å²) in [4.78, 5) is 14.8. The molecular weight excluding hydrogens is 296 g/mol. The van der Waals surface area contributed by atoms with E-state index in [2.05, 4.69) is 17.6 Å². The number of carbonyl (C=O) groups is 1. The molecule has 3 rings (SSSR count). The lowest BCUT2D eigenvalue weighted by Gasteiger charge is -2.37. The number of hydrogen-bond acceptors (Lipinski definition) is 4. The van der Waals surface area contributed by atoms with Gasteiger partial charge >= 0.3 is 0 Å². The lowest BCUT2D eigenvalue weighted by molar-refractivity contribution is 0.0287. The van der Waals surface area contributed by atoms with Gasteiger partial charge in [0, 0.05) is 24.2 Å². The first kappa shape index (κ1) is 15.8. The third-order valence-corrected chi connectivity index (χ3v) is 5.61. The topological polar surface area (TPSA) is 43.8 Å². The van der Waals surface area contributed by atoms with Gasteiger partial charge in [0.2, 0.25) is 0 Å². The maximum atomic E-state index is 12.8. The van der Waals surface area contributed by atoms with E-state index in [1.54, 1.807) is 11.9 Å². The molecule has 2 aliphatic heterocycles. The maximum Gasteiger partial charge on any atom is 0.254 e. The molecule has 2 heterocycles. The van der Waals surface area contributed by atoms with Crippen molar-refractivity contribution in [3.05, 3.63) is 35.4 Å². The van der Waals surface area contributed by atoms with Gasteiger partial charge in [-0.3, -0.25) is 4.79 Å². The molecule has 0 spiro atoms. The molecule has 120 valence electrons. The molecule has 22 heavy (non-hydrogen) atoms. The Balaban J connectivity index is 1.70. The summed E-state index contributed by atoms with van der Waals surface area (Å²) in [5.74, 6) is 0.129. The molecule has 1 amide bonds. The highest BCUT2D eigenvalue weighted by atomic mass is 32.2. The molecule has 5 heteroatoms. The zero-order valence-corrected chi connectivity index (χ0v) is 14.1. The molecule has 2 atom stereocenters. The number of carbonyl (C=O) groups excluding carboxylic acids is 1. The maximum absolute atomic E-state index is 12.8. The summed E-state index contributed by atoms with van der Waals surface area (Å²) in [5, 5.41) is 9.86. The minimum Gasteiger partial charge on any atom is -0.393 e. The predicted octanol–water partition coefficient (Wildman–Crippen LogP) is 2.52. The summed E-state index contributed by atoms with van der Waals surface area (Å²) in [6.45, 7) is 0.872. The van der Waals surface area contributed by atoms with Crippen molar-refractivity contribution in [2.45, 2.75) is 50.4 Å². The van der Waals surface area contributed by atoms with E-state index >= 15 is 0 Å². The smallest absolute Gasteiger partial charge is 0.254 e. The van der Waals surface area contributed by atoms with Crippen LogP contribution in [0.4, 0.5) is 0 Å². The van der Waals surface area contributed by atoms with Gasteiger partial charge in [0.1, 0.15) is 0 Å². The molecule has 2 fully saturated rings. The van der Waals surface area contributed by atoms with Crippen LogP contribution in [0.1, 0.15) is 41.6 Å². The number of aliphatic hydroxyl groups is 1. The van der Waals surface area contributed by atoms with Crippen LogP contribution in [0.3, 0.4) is 0 Å². The fraction of sp³-hybridized carbons (Fsp3) is 0.588. The van der Waals surface area contributed by atoms with Gasteiger partial charge in [-0.1, -0.05) is 24.1 Å². The van der Waals surface area contributed by atoms with Crippen molar-refractivity contribution in [3.8, 4) is 0 Å². The molecule has 2 aliphatic rings. The molecule has 0 radical (unpaired) electrons. The Morgan fingerprint density at radius 3 is 2.41 bits per heavy atom. The van der Waals surface area contributed by atoms with E-state index in [-0.39, 0.29) is 24.1 Å². The Morgan fingerprint density at radius 1 is 1.27 bits per heavy atom. The first-order chi connectivity index (χ1) is 10.6. The van der Waals surface area contributed by atoms with Crippen LogP contribution in [0.2, 0.25) is 0 Å². The highest BCUT2D eigenvalue weighted by molar-refractivity contribution is 7.96. The van der Waals surface area contributed by atoms with Crippen LogP contribution < -0.4 is 0 Å². The summed E-state index contributed by atoms with van der Waals surface area (Å²) in [6.07, 6.45) is 5.36. The minimum atomic E-state index is -0.231. The molecular formula is C17H24N2O2S. The van der Waals surface area contributed by atoms with Gasteiger partial charge in [0.05, 0.1) is 6.10 Å². The Hall–Kier alpha value is -1.04. The third-order valence-electron chi connectivity index (χ3n) is 4.86. The van der Waals surface area contributed by atoms with Crippen LogP contribution in [-0.2, 0) is 6.54 Å². The lowest BCUT2D eigenvalue weighted by Crippen LogP contribution is -2.48. The highest BCUT2D eigenvalue weighted by Crippen LogP contribution is 2.36. The molecule has 4 nitrogen and oxygen atoms in total. The summed E-state index contributed by atoms with van der Waals surface area (Å²) in [7, 11) is 2.06. The lowest BCUT2D eigenvalue weighted by atomic mass is 9.98. The van der Waals surface area contributed by atoms with Crippen molar-refractivity contribution in [1.82, 2.24) is 9.21 Å². The first-order valence-electron chi connectivity index (χ1n) is 7.93. The molecule has 2 unspecified atom stereocenters. The van der Waals surface area contributed by atoms with E-state index in [0.717, 1.165) is 37.8 Å². The fourth-order valence-corrected chi connectivity index (χ4v) is 3.98. The minimum absolute atomic E-state index is 0.129. The zero-order chi connectivity index (χ0) is 15.7. The van der Waals surface area contributed by atoms with Gasteiger partial charge < -0.3 is 10.0 Å². The van der Waals surface area contributed by atoms with Gasteiger partial charge in [0.15, 0.2) is 0 Å². The van der Waals surface area contributed by atoms with Gasteiger partial charge in [-0.25, -0.2) is 4.31 Å². The van der Waals surface area contributed by atoms with Crippen molar-refractivity contribution < 1.29 is 9.90 Å². The number of amides is 1. The Labute approximate surface area is 136 Å². The van der Waals surface area contributed by atoms with E-state index in [0.29, 0.717) is 0 Å². The van der Waals surface area contributed by atoms with Gasteiger partial charge in [-0.15, -0.1) is 0 Å². The standard InChI is InChI=1S/C17H24N2O2S/c1-18(22-2)11-12-3-5-13(6-4-12)17(21)19-14-7-8-15(19)10-16(20)9-14/h3-6,14-16,20H,7-11H2,1-2H3. The van der Waals surface area contributed by atoms with E-state index in [1.807, 2.05) is 29.2 Å². The van der Waals surface area contributed by atoms with Crippen LogP contribution >= 0.6 is 11.9 Å². The second-order valence-corrected chi connectivity index (χ2v) is 7.38. The average Bonchev–Trinajstić information content (AvgIpc) is 2.79. The van der Waals surface area contributed by atoms with E-state index < -0.39 is 0 Å². The van der Waals surface area contributed by atoms with Crippen molar-refractivity contribution in [2.75, 3.05) is 13.3 Å². The van der Waals surface area contributed by atoms with Crippen LogP contribution in [0.25, 0.3) is 0 Å². The summed E-state index contributed by atoms with van der Waals surface area (Å²) >= 11 is 1.70. The van der Waals surface area contributed by atoms with Crippen LogP contribution in [-0.4, -0.2) is 51.7 Å². The van der Waals surface area contributed by atoms with Crippen LogP contribution in [0, 0.1) is 0 Å². The van der Waals surface area contributed by atoms with Gasteiger partial charge in [-0.2, -0.15) is 0 Å². The number of rotatable bonds is 4. The van der Waals surface area contributed by atoms with E-state index in [4.69, 9.17) is 0 Å². The van der Waals surface area contributed by atoms with Gasteiger partial charge in [0.25, 0.3) is 5.91 Å². The number of benzene rings is 1. The van der Waals surface area contributed by atoms with Gasteiger partial charge in [-0.05, 0) is 56.7 Å². The normalized spacial score (nSPS) is 27.5. The van der Waals surface area contributed by atoms with Crippen molar-refractivity contribution >= 4 is 17.9 Å². The summed E-state index contributed by atoms with van der Waals surface area (Å²) < 4.78 is 2.16. The van der Waals surface area contributed by atoms with Crippen LogP contribution in [0.5, 0.6) is 0 Å². The second kappa shape index (κ2) is 6.60. The quantitative estimate of drug-likeness (QED) is 0.866. The molecule has 1 aromatic carbocycles. The van der Waals surface area contributed by atoms with E-state index in [1.165, 1.54) is 5.56 Å². The first-order valence-corrected chi connectivity index (χ1v) is 9.11. The highest BCUT2D eigenvalue weighted by Gasteiger charge is 2.42. The molecule has 1 aromatic rings. The second-order valence-electron chi connectivity index (χ2n) is 6.39. The van der Waals surface area contributed by atoms with Crippen molar-refractivity contribution in [2.24, 2.45) is 0 Å². The predicted molar refractivity (Wildman–Crippen MR) is 89.6 cm³/mol. The number of nitrogens with zero attached hydrogens (tertiary/aromatic N) is 2. The average molecular weight is 320 g/mol. The fourth-order valence-electron chi connectivity index (χ4n) is 3.70. The molecule has 2 bridgehead atoms. The molecule has 0 aromatic heterocycles. The Morgan fingerprint density at radius 2 is 1.86 bits per heavy atom. The number of hydrogen-bond donors (Lipinski definition) is 1. The Bertz CT molecular complexity index is 520. The monoisotopic (exact) mass is 320 g/mol. The van der Waals surface area contributed by atoms with E-state index in [9.17, 15) is 9.90 Å².